The van der Waals surface area contributed by atoms with Crippen molar-refractivity contribution in [2.24, 2.45) is 5.92 Å². The molecule has 0 aliphatic carbocycles. The molecule has 1 heterocycles. The molecule has 2 heteroatoms. The predicted molar refractivity (Wildman–Crippen MR) is 117 cm³/mol. The van der Waals surface area contributed by atoms with Crippen LogP contribution < -0.4 is 5.32 Å². The summed E-state index contributed by atoms with van der Waals surface area (Å²) in [4.78, 5) is 2.60. The first-order valence-electron chi connectivity index (χ1n) is 10.2. The van der Waals surface area contributed by atoms with Gasteiger partial charge in [0.15, 0.2) is 0 Å². The summed E-state index contributed by atoms with van der Waals surface area (Å²) in [7, 11) is 2.08. The molecule has 1 N–H and O–H groups in total. The van der Waals surface area contributed by atoms with Gasteiger partial charge in [-0.3, -0.25) is 0 Å². The van der Waals surface area contributed by atoms with E-state index >= 15 is 0 Å². The second-order valence-corrected chi connectivity index (χ2v) is 7.51. The van der Waals surface area contributed by atoms with Crippen molar-refractivity contribution >= 4 is 0 Å². The molecule has 25 heavy (non-hydrogen) atoms. The Balaban J connectivity index is 0. The molecule has 0 saturated carbocycles. The molecule has 1 rings (SSSR count). The van der Waals surface area contributed by atoms with E-state index in [1.807, 2.05) is 19.9 Å². The van der Waals surface area contributed by atoms with Gasteiger partial charge in [0, 0.05) is 6.04 Å². The first kappa shape index (κ1) is 26.4. The van der Waals surface area contributed by atoms with Gasteiger partial charge >= 0.3 is 0 Å². The molecule has 0 aromatic heterocycles. The third-order valence-corrected chi connectivity index (χ3v) is 4.10. The number of hydrogen-bond donors (Lipinski definition) is 1. The van der Waals surface area contributed by atoms with Gasteiger partial charge in [0.1, 0.15) is 0 Å². The van der Waals surface area contributed by atoms with Gasteiger partial charge in [-0.15, -0.1) is 0 Å². The molecule has 1 aliphatic rings. The lowest BCUT2D eigenvalue weighted by Crippen LogP contribution is -2.41. The average Bonchev–Trinajstić information content (AvgIpc) is 2.59. The summed E-state index contributed by atoms with van der Waals surface area (Å²) in [6, 6.07) is 0.773. The van der Waals surface area contributed by atoms with Crippen molar-refractivity contribution in [1.82, 2.24) is 10.2 Å². The van der Waals surface area contributed by atoms with Gasteiger partial charge in [-0.05, 0) is 72.6 Å². The highest BCUT2D eigenvalue weighted by atomic mass is 15.1. The van der Waals surface area contributed by atoms with Crippen LogP contribution in [0, 0.1) is 5.92 Å². The Morgan fingerprint density at radius 1 is 1.16 bits per heavy atom. The Morgan fingerprint density at radius 2 is 1.68 bits per heavy atom. The topological polar surface area (TPSA) is 15.3 Å². The lowest BCUT2D eigenvalue weighted by Gasteiger charge is -2.32. The van der Waals surface area contributed by atoms with Crippen molar-refractivity contribution in [3.8, 4) is 0 Å². The highest BCUT2D eigenvalue weighted by Crippen LogP contribution is 2.11. The summed E-state index contributed by atoms with van der Waals surface area (Å²) in [6.45, 7) is 22.6. The monoisotopic (exact) mass is 350 g/mol. The molecule has 0 aromatic rings. The third kappa shape index (κ3) is 19.3. The Labute approximate surface area is 159 Å². The summed E-state index contributed by atoms with van der Waals surface area (Å²) in [5, 5.41) is 3.36. The molecule has 148 valence electrons. The fraction of sp³-hybridized carbons (Fsp3) is 0.739. The van der Waals surface area contributed by atoms with Gasteiger partial charge in [0.25, 0.3) is 0 Å². The van der Waals surface area contributed by atoms with Gasteiger partial charge in [-0.2, -0.15) is 0 Å². The van der Waals surface area contributed by atoms with Crippen molar-refractivity contribution in [1.29, 1.82) is 0 Å². The normalized spacial score (nSPS) is 16.3. The molecule has 0 atom stereocenters. The van der Waals surface area contributed by atoms with E-state index in [1.165, 1.54) is 50.9 Å². The second-order valence-electron chi connectivity index (χ2n) is 7.51. The number of nitrogens with one attached hydrogen (secondary N) is 1. The summed E-state index contributed by atoms with van der Waals surface area (Å²) in [5.74, 6) is 0.849. The average molecular weight is 351 g/mol. The number of nitrogens with zero attached hydrogens (tertiary/aromatic N) is 1. The Bertz CT molecular complexity index is 358. The maximum atomic E-state index is 3.75. The van der Waals surface area contributed by atoms with Gasteiger partial charge < -0.3 is 10.2 Å². The number of likely N-dealkylation sites (tertiary alicyclic amines) is 1. The molecule has 2 nitrogen and oxygen atoms in total. The molecular formula is C23H46N2. The molecular weight excluding hydrogens is 304 g/mol. The zero-order chi connectivity index (χ0) is 19.7. The molecule has 1 aliphatic heterocycles. The van der Waals surface area contributed by atoms with Crippen molar-refractivity contribution in [3.05, 3.63) is 36.0 Å². The number of piperidine rings is 1. The fourth-order valence-electron chi connectivity index (χ4n) is 2.26. The minimum Gasteiger partial charge on any atom is -0.317 e. The van der Waals surface area contributed by atoms with Crippen LogP contribution in [0.25, 0.3) is 0 Å². The molecule has 0 aromatic carbocycles. The van der Waals surface area contributed by atoms with Crippen LogP contribution in [-0.2, 0) is 0 Å². The van der Waals surface area contributed by atoms with Crippen LogP contribution in [-0.4, -0.2) is 37.6 Å². The first-order valence-corrected chi connectivity index (χ1v) is 10.2. The smallest absolute Gasteiger partial charge is 0.00884 e. The zero-order valence-corrected chi connectivity index (χ0v) is 18.5. The van der Waals surface area contributed by atoms with Gasteiger partial charge in [0.05, 0.1) is 0 Å². The molecule has 1 saturated heterocycles. The van der Waals surface area contributed by atoms with E-state index in [1.54, 1.807) is 0 Å². The first-order chi connectivity index (χ1) is 11.8. The quantitative estimate of drug-likeness (QED) is 0.572. The Morgan fingerprint density at radius 3 is 2.04 bits per heavy atom. The van der Waals surface area contributed by atoms with E-state index in [0.29, 0.717) is 0 Å². The van der Waals surface area contributed by atoms with Crippen LogP contribution in [0.1, 0.15) is 74.1 Å². The minimum absolute atomic E-state index is 0.773. The van der Waals surface area contributed by atoms with E-state index in [4.69, 9.17) is 0 Å². The second kappa shape index (κ2) is 17.9. The van der Waals surface area contributed by atoms with Crippen LogP contribution in [0.4, 0.5) is 0 Å². The molecule has 0 radical (unpaired) electrons. The molecule has 0 bridgehead atoms. The number of hydrogen-bond acceptors (Lipinski definition) is 2. The maximum absolute atomic E-state index is 3.75. The summed E-state index contributed by atoms with van der Waals surface area (Å²) in [6.07, 6.45) is 11.4. The fourth-order valence-corrected chi connectivity index (χ4v) is 2.26. The highest BCUT2D eigenvalue weighted by Gasteiger charge is 2.16. The van der Waals surface area contributed by atoms with Crippen LogP contribution >= 0.6 is 0 Å². The van der Waals surface area contributed by atoms with Crippen LogP contribution in [0.2, 0.25) is 0 Å². The van der Waals surface area contributed by atoms with E-state index in [-0.39, 0.29) is 0 Å². The Kier molecular flexibility index (Phi) is 18.9. The summed E-state index contributed by atoms with van der Waals surface area (Å²) in [5.41, 5.74) is 2.37. The minimum atomic E-state index is 0.773. The molecule has 0 amide bonds. The lowest BCUT2D eigenvalue weighted by atomic mass is 10.0. The van der Waals surface area contributed by atoms with Crippen LogP contribution in [0.15, 0.2) is 36.0 Å². The molecule has 1 fully saturated rings. The van der Waals surface area contributed by atoms with Gasteiger partial charge in [0.2, 0.25) is 0 Å². The number of allylic oxidation sites excluding steroid dienone is 5. The van der Waals surface area contributed by atoms with E-state index < -0.39 is 0 Å². The SMILES string of the molecule is C=C(C)/C=C\C(C)=C/C.CCC.CNC1CCN(CCC(C)C)CC1. The summed E-state index contributed by atoms with van der Waals surface area (Å²) >= 11 is 0. The molecule has 0 unspecified atom stereocenters. The lowest BCUT2D eigenvalue weighted by molar-refractivity contribution is 0.193. The maximum Gasteiger partial charge on any atom is 0.00884 e. The standard InChI is InChI=1S/C11H24N2.C9H14.C3H8/c1-10(2)4-7-13-8-5-11(12-3)6-9-13;1-5-9(4)7-6-8(2)3;1-3-2/h10-12H,4-9H2,1-3H3;5-7H,2H2,1,3-4H3;3H2,1-2H3/b;7-6-,9-5-;. The van der Waals surface area contributed by atoms with Crippen LogP contribution in [0.3, 0.4) is 0 Å². The largest absolute Gasteiger partial charge is 0.317 e. The predicted octanol–water partition coefficient (Wildman–Crippen LogP) is 6.22. The Hall–Kier alpha value is -0.860. The third-order valence-electron chi connectivity index (χ3n) is 4.10. The highest BCUT2D eigenvalue weighted by molar-refractivity contribution is 5.22. The molecule has 0 spiro atoms. The van der Waals surface area contributed by atoms with Crippen molar-refractivity contribution in [3.63, 3.8) is 0 Å². The van der Waals surface area contributed by atoms with Crippen molar-refractivity contribution in [2.45, 2.75) is 80.2 Å². The van der Waals surface area contributed by atoms with Crippen LogP contribution in [0.5, 0.6) is 0 Å². The van der Waals surface area contributed by atoms with Gasteiger partial charge in [-0.1, -0.05) is 70.1 Å². The van der Waals surface area contributed by atoms with Gasteiger partial charge in [-0.25, -0.2) is 0 Å². The van der Waals surface area contributed by atoms with Crippen molar-refractivity contribution < 1.29 is 0 Å². The zero-order valence-electron chi connectivity index (χ0n) is 18.5. The summed E-state index contributed by atoms with van der Waals surface area (Å²) < 4.78 is 0. The van der Waals surface area contributed by atoms with Crippen molar-refractivity contribution in [2.75, 3.05) is 26.7 Å². The van der Waals surface area contributed by atoms with E-state index in [9.17, 15) is 0 Å². The van der Waals surface area contributed by atoms with E-state index in [0.717, 1.165) is 17.5 Å². The van der Waals surface area contributed by atoms with E-state index in [2.05, 4.69) is 70.6 Å². The number of rotatable bonds is 6.